The molecular weight excluding hydrogens is 362 g/mol. The van der Waals surface area contributed by atoms with Crippen LogP contribution in [0.4, 0.5) is 5.69 Å². The molecule has 6 nitrogen and oxygen atoms in total. The van der Waals surface area contributed by atoms with Crippen LogP contribution in [-0.2, 0) is 0 Å². The van der Waals surface area contributed by atoms with Crippen molar-refractivity contribution in [2.75, 3.05) is 12.4 Å². The van der Waals surface area contributed by atoms with Crippen LogP contribution in [0.3, 0.4) is 0 Å². The van der Waals surface area contributed by atoms with Crippen LogP contribution in [0.2, 0.25) is 0 Å². The largest absolute Gasteiger partial charge is 0.496 e. The third-order valence-electron chi connectivity index (χ3n) is 3.45. The maximum Gasteiger partial charge on any atom is 0.261 e. The van der Waals surface area contributed by atoms with E-state index in [1.54, 1.807) is 48.5 Å². The molecule has 0 spiro atoms. The van der Waals surface area contributed by atoms with E-state index < -0.39 is 0 Å². The first kappa shape index (κ1) is 20.4. The van der Waals surface area contributed by atoms with Crippen LogP contribution in [0.15, 0.2) is 48.5 Å². The highest BCUT2D eigenvalue weighted by atomic mass is 32.1. The molecule has 7 heteroatoms. The number of amides is 2. The molecule has 0 heterocycles. The van der Waals surface area contributed by atoms with E-state index in [9.17, 15) is 9.59 Å². The molecule has 0 aliphatic heterocycles. The van der Waals surface area contributed by atoms with E-state index in [0.717, 1.165) is 0 Å². The number of hydrogen-bond acceptors (Lipinski definition) is 4. The van der Waals surface area contributed by atoms with Gasteiger partial charge in [-0.05, 0) is 63.3 Å². The number of thiocarbonyl (C=S) groups is 1. The molecule has 2 rings (SSSR count). The number of carbonyl (C=O) groups is 2. The summed E-state index contributed by atoms with van der Waals surface area (Å²) in [6.45, 7) is 5.74. The van der Waals surface area contributed by atoms with E-state index in [1.165, 1.54) is 7.11 Å². The van der Waals surface area contributed by atoms with Gasteiger partial charge >= 0.3 is 0 Å². The second-order valence-electron chi connectivity index (χ2n) is 6.89. The molecule has 0 saturated carbocycles. The van der Waals surface area contributed by atoms with Gasteiger partial charge in [-0.2, -0.15) is 0 Å². The summed E-state index contributed by atoms with van der Waals surface area (Å²) in [4.78, 5) is 24.7. The first-order valence-corrected chi connectivity index (χ1v) is 8.78. The number of ether oxygens (including phenoxy) is 1. The molecule has 0 saturated heterocycles. The summed E-state index contributed by atoms with van der Waals surface area (Å²) in [7, 11) is 1.50. The predicted molar refractivity (Wildman–Crippen MR) is 110 cm³/mol. The van der Waals surface area contributed by atoms with Crippen molar-refractivity contribution in [3.05, 3.63) is 59.7 Å². The van der Waals surface area contributed by atoms with Crippen LogP contribution >= 0.6 is 12.2 Å². The van der Waals surface area contributed by atoms with Gasteiger partial charge in [0, 0.05) is 16.8 Å². The summed E-state index contributed by atoms with van der Waals surface area (Å²) >= 11 is 5.20. The first-order valence-electron chi connectivity index (χ1n) is 8.37. The average Bonchev–Trinajstić information content (AvgIpc) is 2.60. The Morgan fingerprint density at radius 1 is 1.00 bits per heavy atom. The van der Waals surface area contributed by atoms with E-state index in [4.69, 9.17) is 17.0 Å². The Hall–Kier alpha value is -2.93. The second-order valence-corrected chi connectivity index (χ2v) is 7.30. The zero-order chi connectivity index (χ0) is 20.0. The van der Waals surface area contributed by atoms with Crippen molar-refractivity contribution in [1.82, 2.24) is 10.6 Å². The molecule has 0 fully saturated rings. The van der Waals surface area contributed by atoms with Crippen molar-refractivity contribution < 1.29 is 14.3 Å². The lowest BCUT2D eigenvalue weighted by Crippen LogP contribution is -2.40. The topological polar surface area (TPSA) is 79.5 Å². The number of anilines is 1. The molecule has 142 valence electrons. The van der Waals surface area contributed by atoms with E-state index in [-0.39, 0.29) is 22.5 Å². The van der Waals surface area contributed by atoms with Crippen LogP contribution in [0.1, 0.15) is 41.5 Å². The Morgan fingerprint density at radius 2 is 1.70 bits per heavy atom. The fourth-order valence-electron chi connectivity index (χ4n) is 2.32. The molecule has 2 aromatic carbocycles. The molecule has 0 aliphatic carbocycles. The maximum atomic E-state index is 12.4. The zero-order valence-electron chi connectivity index (χ0n) is 15.8. The minimum absolute atomic E-state index is 0.124. The minimum atomic E-state index is -0.383. The predicted octanol–water partition coefficient (Wildman–Crippen LogP) is 3.35. The highest BCUT2D eigenvalue weighted by molar-refractivity contribution is 7.80. The number of para-hydroxylation sites is 1. The van der Waals surface area contributed by atoms with Gasteiger partial charge in [0.15, 0.2) is 5.11 Å². The van der Waals surface area contributed by atoms with E-state index >= 15 is 0 Å². The number of benzene rings is 2. The molecular formula is C20H23N3O3S. The van der Waals surface area contributed by atoms with E-state index in [0.29, 0.717) is 22.6 Å². The number of methoxy groups -OCH3 is 1. The third kappa shape index (κ3) is 6.07. The lowest BCUT2D eigenvalue weighted by Gasteiger charge is -2.20. The fourth-order valence-corrected chi connectivity index (χ4v) is 2.53. The van der Waals surface area contributed by atoms with E-state index in [1.807, 2.05) is 20.8 Å². The second kappa shape index (κ2) is 8.64. The van der Waals surface area contributed by atoms with Crippen molar-refractivity contribution in [1.29, 1.82) is 0 Å². The Balaban J connectivity index is 2.05. The van der Waals surface area contributed by atoms with Gasteiger partial charge in [-0.25, -0.2) is 0 Å². The number of nitrogens with one attached hydrogen (secondary N) is 3. The SMILES string of the molecule is COc1ccccc1C(=O)NC(=S)Nc1cccc(C(=O)NC(C)(C)C)c1. The summed E-state index contributed by atoms with van der Waals surface area (Å²) in [5.74, 6) is -0.111. The number of carbonyl (C=O) groups excluding carboxylic acids is 2. The lowest BCUT2D eigenvalue weighted by atomic mass is 10.1. The van der Waals surface area contributed by atoms with Crippen molar-refractivity contribution >= 4 is 34.8 Å². The van der Waals surface area contributed by atoms with Gasteiger partial charge in [-0.15, -0.1) is 0 Å². The van der Waals surface area contributed by atoms with Crippen LogP contribution in [-0.4, -0.2) is 29.6 Å². The van der Waals surface area contributed by atoms with Crippen molar-refractivity contribution in [2.45, 2.75) is 26.3 Å². The van der Waals surface area contributed by atoms with E-state index in [2.05, 4.69) is 16.0 Å². The Morgan fingerprint density at radius 3 is 2.37 bits per heavy atom. The molecule has 0 atom stereocenters. The van der Waals surface area contributed by atoms with Gasteiger partial charge in [-0.1, -0.05) is 18.2 Å². The molecule has 27 heavy (non-hydrogen) atoms. The highest BCUT2D eigenvalue weighted by Crippen LogP contribution is 2.17. The molecule has 2 amide bonds. The van der Waals surface area contributed by atoms with Gasteiger partial charge in [0.25, 0.3) is 11.8 Å². The Kier molecular flexibility index (Phi) is 6.52. The number of hydrogen-bond donors (Lipinski definition) is 3. The molecule has 0 aliphatic rings. The van der Waals surface area contributed by atoms with Gasteiger partial charge in [0.1, 0.15) is 5.75 Å². The quantitative estimate of drug-likeness (QED) is 0.704. The summed E-state index contributed by atoms with van der Waals surface area (Å²) in [5.41, 5.74) is 1.14. The molecule has 0 unspecified atom stereocenters. The van der Waals surface area contributed by atoms with Crippen molar-refractivity contribution in [3.8, 4) is 5.75 Å². The van der Waals surface area contributed by atoms with Gasteiger partial charge < -0.3 is 15.4 Å². The van der Waals surface area contributed by atoms with Crippen molar-refractivity contribution in [2.24, 2.45) is 0 Å². The molecule has 2 aromatic rings. The van der Waals surface area contributed by atoms with Crippen LogP contribution in [0.25, 0.3) is 0 Å². The van der Waals surface area contributed by atoms with Gasteiger partial charge in [-0.3, -0.25) is 14.9 Å². The first-order chi connectivity index (χ1) is 12.7. The standard InChI is InChI=1S/C20H23N3O3S/c1-20(2,3)23-17(24)13-8-7-9-14(12-13)21-19(27)22-18(25)15-10-5-6-11-16(15)26-4/h5-12H,1-4H3,(H,23,24)(H2,21,22,25,27). The normalized spacial score (nSPS) is 10.7. The molecule has 3 N–H and O–H groups in total. The van der Waals surface area contributed by atoms with Gasteiger partial charge in [0.2, 0.25) is 0 Å². The maximum absolute atomic E-state index is 12.4. The smallest absolute Gasteiger partial charge is 0.261 e. The Labute approximate surface area is 164 Å². The van der Waals surface area contributed by atoms with Crippen LogP contribution < -0.4 is 20.7 Å². The molecule has 0 radical (unpaired) electrons. The third-order valence-corrected chi connectivity index (χ3v) is 3.65. The molecule has 0 bridgehead atoms. The number of rotatable bonds is 4. The van der Waals surface area contributed by atoms with Crippen molar-refractivity contribution in [3.63, 3.8) is 0 Å². The fraction of sp³-hybridized carbons (Fsp3) is 0.250. The summed E-state index contributed by atoms with van der Waals surface area (Å²) in [6.07, 6.45) is 0. The summed E-state index contributed by atoms with van der Waals surface area (Å²) in [6, 6.07) is 13.7. The minimum Gasteiger partial charge on any atom is -0.496 e. The zero-order valence-corrected chi connectivity index (χ0v) is 16.6. The molecule has 0 aromatic heterocycles. The van der Waals surface area contributed by atoms with Gasteiger partial charge in [0.05, 0.1) is 12.7 Å². The lowest BCUT2D eigenvalue weighted by molar-refractivity contribution is 0.0918. The van der Waals surface area contributed by atoms with Crippen LogP contribution in [0.5, 0.6) is 5.75 Å². The Bertz CT molecular complexity index is 860. The highest BCUT2D eigenvalue weighted by Gasteiger charge is 2.16. The average molecular weight is 385 g/mol. The summed E-state index contributed by atoms with van der Waals surface area (Å²) in [5, 5.41) is 8.55. The monoisotopic (exact) mass is 385 g/mol. The summed E-state index contributed by atoms with van der Waals surface area (Å²) < 4.78 is 5.18. The van der Waals surface area contributed by atoms with Crippen LogP contribution in [0, 0.1) is 0 Å².